The van der Waals surface area contributed by atoms with Gasteiger partial charge in [-0.05, 0) is 30.4 Å². The van der Waals surface area contributed by atoms with Crippen molar-refractivity contribution in [3.05, 3.63) is 29.8 Å². The standard InChI is InChI=1S/C19H32N4O.HI/c1-16(2)7-6-10-21-19(20-3)22-15-17-8-4-5-9-18(17)23-11-13-24-14-12-23;/h4-5,8-9,16H,6-7,10-15H2,1-3H3,(H2,20,21,22);1H. The third-order valence-electron chi connectivity index (χ3n) is 4.26. The first-order valence-electron chi connectivity index (χ1n) is 9.06. The monoisotopic (exact) mass is 460 g/mol. The Morgan fingerprint density at radius 2 is 1.92 bits per heavy atom. The van der Waals surface area contributed by atoms with Crippen LogP contribution in [0.3, 0.4) is 0 Å². The molecule has 1 fully saturated rings. The van der Waals surface area contributed by atoms with Gasteiger partial charge >= 0.3 is 0 Å². The van der Waals surface area contributed by atoms with Crippen LogP contribution >= 0.6 is 24.0 Å². The van der Waals surface area contributed by atoms with E-state index in [1.807, 2.05) is 7.05 Å². The van der Waals surface area contributed by atoms with Crippen LogP contribution in [0.5, 0.6) is 0 Å². The number of morpholine rings is 1. The van der Waals surface area contributed by atoms with Crippen molar-refractivity contribution in [1.29, 1.82) is 0 Å². The van der Waals surface area contributed by atoms with Crippen LogP contribution in [0.4, 0.5) is 5.69 Å². The number of hydrogen-bond acceptors (Lipinski definition) is 3. The molecule has 6 heteroatoms. The van der Waals surface area contributed by atoms with Crippen molar-refractivity contribution < 1.29 is 4.74 Å². The summed E-state index contributed by atoms with van der Waals surface area (Å²) in [6.45, 7) is 9.78. The molecule has 0 saturated carbocycles. The number of para-hydroxylation sites is 1. The van der Waals surface area contributed by atoms with Crippen molar-refractivity contribution in [1.82, 2.24) is 10.6 Å². The Morgan fingerprint density at radius 3 is 2.60 bits per heavy atom. The minimum atomic E-state index is 0. The lowest BCUT2D eigenvalue weighted by Gasteiger charge is -2.30. The lowest BCUT2D eigenvalue weighted by atomic mass is 10.1. The molecule has 142 valence electrons. The number of nitrogens with one attached hydrogen (secondary N) is 2. The van der Waals surface area contributed by atoms with E-state index in [0.29, 0.717) is 0 Å². The molecule has 0 radical (unpaired) electrons. The largest absolute Gasteiger partial charge is 0.378 e. The number of nitrogens with zero attached hydrogens (tertiary/aromatic N) is 2. The van der Waals surface area contributed by atoms with Crippen LogP contribution < -0.4 is 15.5 Å². The highest BCUT2D eigenvalue weighted by Crippen LogP contribution is 2.21. The summed E-state index contributed by atoms with van der Waals surface area (Å²) in [6, 6.07) is 8.58. The van der Waals surface area contributed by atoms with Crippen molar-refractivity contribution in [2.45, 2.75) is 33.2 Å². The van der Waals surface area contributed by atoms with Crippen molar-refractivity contribution in [3.63, 3.8) is 0 Å². The maximum atomic E-state index is 5.46. The van der Waals surface area contributed by atoms with Crippen LogP contribution in [0.2, 0.25) is 0 Å². The molecule has 0 aromatic heterocycles. The van der Waals surface area contributed by atoms with Gasteiger partial charge in [0.05, 0.1) is 13.2 Å². The van der Waals surface area contributed by atoms with E-state index in [-0.39, 0.29) is 24.0 Å². The summed E-state index contributed by atoms with van der Waals surface area (Å²) < 4.78 is 5.46. The van der Waals surface area contributed by atoms with Gasteiger partial charge in [-0.2, -0.15) is 0 Å². The zero-order valence-corrected chi connectivity index (χ0v) is 18.1. The summed E-state index contributed by atoms with van der Waals surface area (Å²) >= 11 is 0. The number of benzene rings is 1. The molecule has 1 aliphatic rings. The van der Waals surface area contributed by atoms with Gasteiger partial charge < -0.3 is 20.3 Å². The second-order valence-corrected chi connectivity index (χ2v) is 6.62. The number of ether oxygens (including phenoxy) is 1. The fraction of sp³-hybridized carbons (Fsp3) is 0.632. The maximum absolute atomic E-state index is 5.46. The molecule has 1 aromatic rings. The van der Waals surface area contributed by atoms with E-state index in [0.717, 1.165) is 51.3 Å². The Morgan fingerprint density at radius 1 is 1.20 bits per heavy atom. The van der Waals surface area contributed by atoms with Crippen LogP contribution in [-0.2, 0) is 11.3 Å². The summed E-state index contributed by atoms with van der Waals surface area (Å²) in [6.07, 6.45) is 2.41. The summed E-state index contributed by atoms with van der Waals surface area (Å²) in [5.74, 6) is 1.62. The molecule has 5 nitrogen and oxygen atoms in total. The van der Waals surface area contributed by atoms with Crippen molar-refractivity contribution in [2.75, 3.05) is 44.8 Å². The Bertz CT molecular complexity index is 516. The number of hydrogen-bond donors (Lipinski definition) is 2. The minimum Gasteiger partial charge on any atom is -0.378 e. The maximum Gasteiger partial charge on any atom is 0.191 e. The van der Waals surface area contributed by atoms with Crippen LogP contribution in [0.25, 0.3) is 0 Å². The SMILES string of the molecule is CN=C(NCCCC(C)C)NCc1ccccc1N1CCOCC1.I. The molecule has 0 atom stereocenters. The predicted molar refractivity (Wildman–Crippen MR) is 117 cm³/mol. The quantitative estimate of drug-likeness (QED) is 0.284. The summed E-state index contributed by atoms with van der Waals surface area (Å²) in [5, 5.41) is 6.83. The molecule has 0 spiro atoms. The van der Waals surface area contributed by atoms with E-state index >= 15 is 0 Å². The summed E-state index contributed by atoms with van der Waals surface area (Å²) in [7, 11) is 1.83. The van der Waals surface area contributed by atoms with Crippen LogP contribution in [0, 0.1) is 5.92 Å². The molecule has 1 heterocycles. The first-order chi connectivity index (χ1) is 11.7. The van der Waals surface area contributed by atoms with E-state index in [9.17, 15) is 0 Å². The third-order valence-corrected chi connectivity index (χ3v) is 4.26. The number of anilines is 1. The smallest absolute Gasteiger partial charge is 0.191 e. The van der Waals surface area contributed by atoms with Gasteiger partial charge in [0.15, 0.2) is 5.96 Å². The van der Waals surface area contributed by atoms with Gasteiger partial charge in [0.1, 0.15) is 0 Å². The lowest BCUT2D eigenvalue weighted by molar-refractivity contribution is 0.122. The number of halogens is 1. The summed E-state index contributed by atoms with van der Waals surface area (Å²) in [4.78, 5) is 6.72. The molecule has 2 rings (SSSR count). The van der Waals surface area contributed by atoms with E-state index < -0.39 is 0 Å². The molecule has 1 aromatic carbocycles. The zero-order valence-electron chi connectivity index (χ0n) is 15.8. The Labute approximate surface area is 169 Å². The van der Waals surface area contributed by atoms with Gasteiger partial charge in [-0.1, -0.05) is 32.0 Å². The van der Waals surface area contributed by atoms with E-state index in [1.165, 1.54) is 24.1 Å². The fourth-order valence-electron chi connectivity index (χ4n) is 2.89. The predicted octanol–water partition coefficient (Wildman–Crippen LogP) is 3.24. The second-order valence-electron chi connectivity index (χ2n) is 6.62. The molecule has 0 aliphatic carbocycles. The Kier molecular flexibility index (Phi) is 10.9. The molecule has 25 heavy (non-hydrogen) atoms. The van der Waals surface area contributed by atoms with E-state index in [2.05, 4.69) is 58.6 Å². The van der Waals surface area contributed by atoms with Gasteiger partial charge in [-0.3, -0.25) is 4.99 Å². The molecular weight excluding hydrogens is 427 g/mol. The molecule has 0 bridgehead atoms. The average molecular weight is 460 g/mol. The highest BCUT2D eigenvalue weighted by atomic mass is 127. The van der Waals surface area contributed by atoms with Crippen LogP contribution in [-0.4, -0.2) is 45.9 Å². The van der Waals surface area contributed by atoms with Gasteiger partial charge in [0.25, 0.3) is 0 Å². The average Bonchev–Trinajstić information content (AvgIpc) is 2.62. The van der Waals surface area contributed by atoms with Gasteiger partial charge in [-0.25, -0.2) is 0 Å². The zero-order chi connectivity index (χ0) is 17.2. The lowest BCUT2D eigenvalue weighted by Crippen LogP contribution is -2.39. The second kappa shape index (κ2) is 12.4. The Balaban J connectivity index is 0.00000312. The molecule has 0 unspecified atom stereocenters. The number of aliphatic imine (C=N–C) groups is 1. The van der Waals surface area contributed by atoms with Gasteiger partial charge in [0.2, 0.25) is 0 Å². The van der Waals surface area contributed by atoms with Crippen molar-refractivity contribution in [3.8, 4) is 0 Å². The number of rotatable bonds is 7. The van der Waals surface area contributed by atoms with Crippen LogP contribution in [0.15, 0.2) is 29.3 Å². The Hall–Kier alpha value is -1.02. The van der Waals surface area contributed by atoms with Gasteiger partial charge in [0, 0.05) is 38.9 Å². The fourth-order valence-corrected chi connectivity index (χ4v) is 2.89. The topological polar surface area (TPSA) is 48.9 Å². The van der Waals surface area contributed by atoms with Crippen molar-refractivity contribution >= 4 is 35.6 Å². The number of guanidine groups is 1. The van der Waals surface area contributed by atoms with Crippen LogP contribution in [0.1, 0.15) is 32.3 Å². The van der Waals surface area contributed by atoms with Gasteiger partial charge in [-0.15, -0.1) is 24.0 Å². The minimum absolute atomic E-state index is 0. The normalized spacial score (nSPS) is 15.0. The molecular formula is C19H33IN4O. The van der Waals surface area contributed by atoms with E-state index in [4.69, 9.17) is 4.74 Å². The molecule has 0 amide bonds. The molecule has 1 aliphatic heterocycles. The third kappa shape index (κ3) is 7.81. The highest BCUT2D eigenvalue weighted by molar-refractivity contribution is 14.0. The first kappa shape index (κ1) is 22.0. The first-order valence-corrected chi connectivity index (χ1v) is 9.06. The molecule has 2 N–H and O–H groups in total. The van der Waals surface area contributed by atoms with E-state index in [1.54, 1.807) is 0 Å². The summed E-state index contributed by atoms with van der Waals surface area (Å²) in [5.41, 5.74) is 2.59. The molecule has 1 saturated heterocycles. The van der Waals surface area contributed by atoms with Crippen molar-refractivity contribution in [2.24, 2.45) is 10.9 Å². The highest BCUT2D eigenvalue weighted by Gasteiger charge is 2.14.